The topological polar surface area (TPSA) is 165 Å². The van der Waals surface area contributed by atoms with Gasteiger partial charge in [-0.15, -0.1) is 0 Å². The minimum Gasteiger partial charge on any atom is -0.462 e. The molecule has 0 spiro atoms. The number of carbonyl (C=O) groups excluding carboxylic acids is 1. The number of rotatable bonds is 14. The Bertz CT molecular complexity index is 1370. The quantitative estimate of drug-likeness (QED) is 0.111. The fourth-order valence-corrected chi connectivity index (χ4v) is 5.73. The van der Waals surface area contributed by atoms with Gasteiger partial charge in [0.2, 0.25) is 5.95 Å². The Balaban J connectivity index is 1.44. The van der Waals surface area contributed by atoms with E-state index in [4.69, 9.17) is 24.3 Å². The molecule has 2 aromatic heterocycles. The van der Waals surface area contributed by atoms with Crippen LogP contribution >= 0.6 is 7.75 Å². The minimum absolute atomic E-state index is 0.0814. The van der Waals surface area contributed by atoms with E-state index >= 15 is 0 Å². The molecule has 0 radical (unpaired) electrons. The van der Waals surface area contributed by atoms with Crippen molar-refractivity contribution >= 4 is 36.6 Å². The number of para-hydroxylation sites is 1. The lowest BCUT2D eigenvalue weighted by molar-refractivity contribution is -0.149. The summed E-state index contributed by atoms with van der Waals surface area (Å²) in [4.78, 5) is 25.6. The lowest BCUT2D eigenvalue weighted by Crippen LogP contribution is -2.36. The van der Waals surface area contributed by atoms with Crippen LogP contribution in [0.3, 0.4) is 0 Å². The van der Waals surface area contributed by atoms with E-state index in [2.05, 4.69) is 25.4 Å². The maximum Gasteiger partial charge on any atom is 0.459 e. The molecule has 13 nitrogen and oxygen atoms in total. The van der Waals surface area contributed by atoms with Crippen LogP contribution in [-0.4, -0.2) is 64.5 Å². The van der Waals surface area contributed by atoms with Gasteiger partial charge in [-0.25, -0.2) is 9.55 Å². The van der Waals surface area contributed by atoms with Crippen LogP contribution in [0.25, 0.3) is 11.2 Å². The average molecular weight is 574 g/mol. The maximum atomic E-state index is 13.8. The van der Waals surface area contributed by atoms with Crippen molar-refractivity contribution in [1.82, 2.24) is 24.6 Å². The number of imidazole rings is 1. The van der Waals surface area contributed by atoms with Crippen molar-refractivity contribution < 1.29 is 27.9 Å². The molecule has 14 heteroatoms. The number of allylic oxidation sites excluding steroid dienone is 1. The number of fused-ring (bicyclic) bond motifs is 1. The van der Waals surface area contributed by atoms with Gasteiger partial charge in [-0.1, -0.05) is 30.4 Å². The molecule has 0 unspecified atom stereocenters. The molecule has 3 aromatic rings. The summed E-state index contributed by atoms with van der Waals surface area (Å²) in [5.41, 5.74) is 7.17. The SMILES string of the molecule is COCCNc1nc(N)nc2c1ncn2[C@H]1C=C[C@@H](CO[P@@](=O)(N[C@@H](C)C(=O)OC(C)C)Oc2ccccc2)C1. The number of hydrogen-bond donors (Lipinski definition) is 3. The van der Waals surface area contributed by atoms with Crippen molar-refractivity contribution in [1.29, 1.82) is 0 Å². The minimum atomic E-state index is -3.95. The molecule has 1 aliphatic carbocycles. The van der Waals surface area contributed by atoms with Crippen LogP contribution in [0, 0.1) is 5.92 Å². The Morgan fingerprint density at radius 3 is 2.70 bits per heavy atom. The van der Waals surface area contributed by atoms with Gasteiger partial charge in [0.05, 0.1) is 31.7 Å². The Labute approximate surface area is 233 Å². The molecular formula is C26H36N7O6P. The summed E-state index contributed by atoms with van der Waals surface area (Å²) in [5, 5.41) is 5.90. The van der Waals surface area contributed by atoms with Crippen LogP contribution in [0.4, 0.5) is 11.8 Å². The number of carbonyl (C=O) groups is 1. The standard InChI is InChI=1S/C26H36N7O6P/c1-17(2)38-25(34)18(3)32-40(35,39-21-8-6-5-7-9-21)37-15-19-10-11-20(14-19)33-16-29-22-23(28-12-13-36-4)30-26(27)31-24(22)33/h5-11,16-20H,12-15H2,1-4H3,(H,32,35)(H3,27,28,30,31)/t18-,19+,20-,40-/m0/s1. The normalized spacial score (nSPS) is 19.0. The van der Waals surface area contributed by atoms with Crippen LogP contribution < -0.4 is 20.7 Å². The molecule has 1 aliphatic rings. The highest BCUT2D eigenvalue weighted by Gasteiger charge is 2.34. The van der Waals surface area contributed by atoms with Gasteiger partial charge in [-0.3, -0.25) is 9.32 Å². The van der Waals surface area contributed by atoms with E-state index < -0.39 is 19.8 Å². The molecule has 0 aliphatic heterocycles. The Hall–Kier alpha value is -3.51. The zero-order valence-electron chi connectivity index (χ0n) is 23.0. The summed E-state index contributed by atoms with van der Waals surface area (Å²) in [5.74, 6) is 0.371. The molecule has 4 atom stereocenters. The molecule has 0 bridgehead atoms. The van der Waals surface area contributed by atoms with Gasteiger partial charge in [0.1, 0.15) is 11.8 Å². The molecule has 2 heterocycles. The molecule has 216 valence electrons. The van der Waals surface area contributed by atoms with Crippen molar-refractivity contribution in [3.8, 4) is 5.75 Å². The monoisotopic (exact) mass is 573 g/mol. The Morgan fingerprint density at radius 2 is 1.98 bits per heavy atom. The van der Waals surface area contributed by atoms with E-state index in [-0.39, 0.29) is 30.6 Å². The van der Waals surface area contributed by atoms with Gasteiger partial charge in [0.15, 0.2) is 17.0 Å². The van der Waals surface area contributed by atoms with Crippen LogP contribution in [-0.2, 0) is 23.4 Å². The number of aromatic nitrogens is 4. The number of anilines is 2. The number of ether oxygens (including phenoxy) is 2. The van der Waals surface area contributed by atoms with Gasteiger partial charge in [-0.2, -0.15) is 15.1 Å². The van der Waals surface area contributed by atoms with Crippen LogP contribution in [0.5, 0.6) is 5.75 Å². The van der Waals surface area contributed by atoms with Crippen molar-refractivity contribution in [3.63, 3.8) is 0 Å². The van der Waals surface area contributed by atoms with Gasteiger partial charge in [0, 0.05) is 19.6 Å². The summed E-state index contributed by atoms with van der Waals surface area (Å²) >= 11 is 0. The molecule has 0 amide bonds. The van der Waals surface area contributed by atoms with Gasteiger partial charge >= 0.3 is 13.7 Å². The van der Waals surface area contributed by atoms with Crippen LogP contribution in [0.1, 0.15) is 33.2 Å². The first-order chi connectivity index (χ1) is 19.2. The molecule has 0 fully saturated rings. The fourth-order valence-electron chi connectivity index (χ4n) is 4.18. The molecule has 40 heavy (non-hydrogen) atoms. The van der Waals surface area contributed by atoms with E-state index in [1.54, 1.807) is 58.5 Å². The van der Waals surface area contributed by atoms with E-state index in [0.717, 1.165) is 0 Å². The van der Waals surface area contributed by atoms with E-state index in [1.165, 1.54) is 0 Å². The first-order valence-corrected chi connectivity index (χ1v) is 14.6. The molecule has 4 rings (SSSR count). The van der Waals surface area contributed by atoms with Crippen molar-refractivity contribution in [2.75, 3.05) is 37.9 Å². The van der Waals surface area contributed by atoms with Crippen molar-refractivity contribution in [2.45, 2.75) is 45.4 Å². The summed E-state index contributed by atoms with van der Waals surface area (Å²) in [6, 6.07) is 7.65. The highest BCUT2D eigenvalue weighted by Crippen LogP contribution is 2.46. The number of benzene rings is 1. The van der Waals surface area contributed by atoms with E-state index in [1.807, 2.05) is 22.8 Å². The molecule has 4 N–H and O–H groups in total. The first-order valence-electron chi connectivity index (χ1n) is 13.1. The zero-order chi connectivity index (χ0) is 28.7. The van der Waals surface area contributed by atoms with Crippen LogP contribution in [0.15, 0.2) is 48.8 Å². The third-order valence-electron chi connectivity index (χ3n) is 6.03. The Kier molecular flexibility index (Phi) is 9.75. The molecular weight excluding hydrogens is 537 g/mol. The van der Waals surface area contributed by atoms with Gasteiger partial charge in [-0.05, 0) is 39.3 Å². The largest absolute Gasteiger partial charge is 0.462 e. The number of methoxy groups -OCH3 is 1. The number of nitrogens with zero attached hydrogens (tertiary/aromatic N) is 4. The fraction of sp³-hybridized carbons (Fsp3) is 0.462. The van der Waals surface area contributed by atoms with E-state index in [9.17, 15) is 9.36 Å². The predicted octanol–water partition coefficient (Wildman–Crippen LogP) is 3.72. The highest BCUT2D eigenvalue weighted by atomic mass is 31.2. The highest BCUT2D eigenvalue weighted by molar-refractivity contribution is 7.52. The number of hydrogen-bond acceptors (Lipinski definition) is 11. The number of nitrogens with one attached hydrogen (secondary N) is 2. The Morgan fingerprint density at radius 1 is 1.20 bits per heavy atom. The number of esters is 1. The second-order valence-corrected chi connectivity index (χ2v) is 11.3. The molecule has 1 aromatic carbocycles. The number of nitrogens with two attached hydrogens (primary N) is 1. The molecule has 0 saturated carbocycles. The summed E-state index contributed by atoms with van der Waals surface area (Å²) in [6.45, 7) is 6.17. The zero-order valence-corrected chi connectivity index (χ0v) is 23.9. The maximum absolute atomic E-state index is 13.8. The number of nitrogen functional groups attached to an aromatic ring is 1. The van der Waals surface area contributed by atoms with E-state index in [0.29, 0.717) is 42.3 Å². The predicted molar refractivity (Wildman–Crippen MR) is 151 cm³/mol. The second-order valence-electron chi connectivity index (χ2n) is 9.66. The summed E-state index contributed by atoms with van der Waals surface area (Å²) in [6.07, 6.45) is 6.03. The molecule has 0 saturated heterocycles. The van der Waals surface area contributed by atoms with Crippen molar-refractivity contribution in [2.24, 2.45) is 5.92 Å². The third-order valence-corrected chi connectivity index (χ3v) is 7.67. The average Bonchev–Trinajstić information content (AvgIpc) is 3.55. The van der Waals surface area contributed by atoms with Gasteiger partial charge in [0.25, 0.3) is 0 Å². The summed E-state index contributed by atoms with van der Waals surface area (Å²) < 4.78 is 37.6. The lowest BCUT2D eigenvalue weighted by Gasteiger charge is -2.24. The smallest absolute Gasteiger partial charge is 0.459 e. The summed E-state index contributed by atoms with van der Waals surface area (Å²) in [7, 11) is -2.33. The lowest BCUT2D eigenvalue weighted by atomic mass is 10.1. The van der Waals surface area contributed by atoms with Crippen LogP contribution in [0.2, 0.25) is 0 Å². The second kappa shape index (κ2) is 13.2. The van der Waals surface area contributed by atoms with Gasteiger partial charge < -0.3 is 29.6 Å². The first kappa shape index (κ1) is 29.5. The van der Waals surface area contributed by atoms with Crippen molar-refractivity contribution in [3.05, 3.63) is 48.8 Å². The third kappa shape index (κ3) is 7.57.